The number of nitrogens with zero attached hydrogens (tertiary/aromatic N) is 1. The van der Waals surface area contributed by atoms with Crippen LogP contribution in [0.5, 0.6) is 0 Å². The average Bonchev–Trinajstić information content (AvgIpc) is 2.65. The molecule has 0 aliphatic carbocycles. The molecule has 2 nitrogen and oxygen atoms in total. The van der Waals surface area contributed by atoms with E-state index in [0.717, 1.165) is 0 Å². The molecule has 2 atom stereocenters. The summed E-state index contributed by atoms with van der Waals surface area (Å²) in [7, 11) is 0. The quantitative estimate of drug-likeness (QED) is 0.831. The summed E-state index contributed by atoms with van der Waals surface area (Å²) in [5.41, 5.74) is 1.39. The first kappa shape index (κ1) is 12.4. The molecule has 1 aliphatic rings. The van der Waals surface area contributed by atoms with E-state index in [9.17, 15) is 0 Å². The zero-order chi connectivity index (χ0) is 11.8. The summed E-state index contributed by atoms with van der Waals surface area (Å²) in [6, 6.07) is 0.617. The van der Waals surface area contributed by atoms with Crippen molar-refractivity contribution in [2.75, 3.05) is 5.75 Å². The Morgan fingerprint density at radius 3 is 2.75 bits per heavy atom. The number of rotatable bonds is 1. The van der Waals surface area contributed by atoms with Gasteiger partial charge in [-0.25, -0.2) is 4.98 Å². The summed E-state index contributed by atoms with van der Waals surface area (Å²) >= 11 is 3.76. The largest absolute Gasteiger partial charge is 0.298 e. The van der Waals surface area contributed by atoms with Crippen molar-refractivity contribution >= 4 is 23.1 Å². The van der Waals surface area contributed by atoms with Gasteiger partial charge in [0.2, 0.25) is 0 Å². The average molecular weight is 256 g/mol. The van der Waals surface area contributed by atoms with Gasteiger partial charge in [0.15, 0.2) is 0 Å². The molecule has 1 fully saturated rings. The van der Waals surface area contributed by atoms with E-state index in [1.165, 1.54) is 22.9 Å². The van der Waals surface area contributed by atoms with Crippen LogP contribution in [0.4, 0.5) is 0 Å². The number of thioether (sulfide) groups is 1. The highest BCUT2D eigenvalue weighted by Crippen LogP contribution is 2.34. The molecule has 1 aromatic heterocycles. The Morgan fingerprint density at radius 1 is 1.44 bits per heavy atom. The van der Waals surface area contributed by atoms with Gasteiger partial charge in [-0.2, -0.15) is 0 Å². The predicted molar refractivity (Wildman–Crippen MR) is 73.2 cm³/mol. The minimum atomic E-state index is 0.174. The van der Waals surface area contributed by atoms with Crippen molar-refractivity contribution < 1.29 is 0 Å². The van der Waals surface area contributed by atoms with Gasteiger partial charge in [0.25, 0.3) is 0 Å². The lowest BCUT2D eigenvalue weighted by atomic mass is 9.98. The molecule has 4 heteroatoms. The fraction of sp³-hybridized carbons (Fsp3) is 0.750. The lowest BCUT2D eigenvalue weighted by molar-refractivity contribution is 0.504. The van der Waals surface area contributed by atoms with Gasteiger partial charge in [-0.05, 0) is 19.1 Å². The van der Waals surface area contributed by atoms with E-state index >= 15 is 0 Å². The Bertz CT molecular complexity index is 354. The van der Waals surface area contributed by atoms with E-state index in [0.29, 0.717) is 11.4 Å². The van der Waals surface area contributed by atoms with Gasteiger partial charge in [0, 0.05) is 16.8 Å². The second-order valence-corrected chi connectivity index (χ2v) is 7.51. The summed E-state index contributed by atoms with van der Waals surface area (Å²) in [5.74, 6) is 1.24. The maximum atomic E-state index is 4.77. The second-order valence-electron chi connectivity index (χ2n) is 5.43. The van der Waals surface area contributed by atoms with Crippen molar-refractivity contribution in [1.29, 1.82) is 0 Å². The molecule has 1 aliphatic heterocycles. The minimum absolute atomic E-state index is 0.174. The molecule has 0 aromatic carbocycles. The van der Waals surface area contributed by atoms with E-state index in [2.05, 4.69) is 38.4 Å². The minimum Gasteiger partial charge on any atom is -0.298 e. The highest BCUT2D eigenvalue weighted by molar-refractivity contribution is 7.99. The molecule has 0 bridgehead atoms. The third-order valence-corrected chi connectivity index (χ3v) is 5.17. The maximum Gasteiger partial charge on any atom is 0.0982 e. The number of thiazole rings is 1. The first-order chi connectivity index (χ1) is 7.47. The van der Waals surface area contributed by atoms with Crippen LogP contribution in [0.2, 0.25) is 0 Å². The first-order valence-electron chi connectivity index (χ1n) is 5.80. The zero-order valence-corrected chi connectivity index (χ0v) is 12.0. The number of aromatic nitrogens is 1. The Kier molecular flexibility index (Phi) is 3.62. The van der Waals surface area contributed by atoms with Crippen molar-refractivity contribution in [2.45, 2.75) is 50.9 Å². The molecule has 2 heterocycles. The lowest BCUT2D eigenvalue weighted by Crippen LogP contribution is -2.33. The van der Waals surface area contributed by atoms with E-state index in [1.807, 2.05) is 11.8 Å². The molecule has 2 rings (SSSR count). The van der Waals surface area contributed by atoms with E-state index in [1.54, 1.807) is 11.3 Å². The second kappa shape index (κ2) is 4.67. The Morgan fingerprint density at radius 2 is 2.19 bits per heavy atom. The van der Waals surface area contributed by atoms with E-state index in [4.69, 9.17) is 4.98 Å². The molecule has 0 radical (unpaired) electrons. The molecule has 1 aromatic rings. The Hall–Kier alpha value is -0.0600. The van der Waals surface area contributed by atoms with Crippen LogP contribution in [0.3, 0.4) is 0 Å². The van der Waals surface area contributed by atoms with Crippen molar-refractivity contribution in [3.05, 3.63) is 16.1 Å². The van der Waals surface area contributed by atoms with Gasteiger partial charge >= 0.3 is 0 Å². The molecule has 1 N–H and O–H groups in total. The fourth-order valence-corrected chi connectivity index (χ4v) is 4.04. The third-order valence-electron chi connectivity index (χ3n) is 2.70. The molecule has 16 heavy (non-hydrogen) atoms. The highest BCUT2D eigenvalue weighted by atomic mass is 32.2. The van der Waals surface area contributed by atoms with Gasteiger partial charge in [-0.3, -0.25) is 5.32 Å². The van der Waals surface area contributed by atoms with E-state index < -0.39 is 0 Å². The van der Waals surface area contributed by atoms with Crippen LogP contribution < -0.4 is 5.32 Å². The summed E-state index contributed by atoms with van der Waals surface area (Å²) < 4.78 is 0. The third kappa shape index (κ3) is 2.79. The summed E-state index contributed by atoms with van der Waals surface area (Å²) in [5, 5.41) is 7.45. The van der Waals surface area contributed by atoms with E-state index in [-0.39, 0.29) is 5.41 Å². The lowest BCUT2D eigenvalue weighted by Gasteiger charge is -2.27. The van der Waals surface area contributed by atoms with Crippen LogP contribution in [0.1, 0.15) is 50.2 Å². The first-order valence-corrected chi connectivity index (χ1v) is 7.73. The zero-order valence-electron chi connectivity index (χ0n) is 10.4. The molecule has 0 spiro atoms. The van der Waals surface area contributed by atoms with Crippen molar-refractivity contribution in [3.8, 4) is 0 Å². The summed E-state index contributed by atoms with van der Waals surface area (Å²) in [6.07, 6.45) is 1.26. The predicted octanol–water partition coefficient (Wildman–Crippen LogP) is 3.55. The Balaban J connectivity index is 2.12. The molecular formula is C12H20N2S2. The van der Waals surface area contributed by atoms with Crippen LogP contribution in [-0.2, 0) is 5.41 Å². The smallest absolute Gasteiger partial charge is 0.0982 e. The SMILES string of the molecule is CC1CCSC(c2csc(C(C)(C)C)n2)N1. The van der Waals surface area contributed by atoms with Crippen LogP contribution in [0.25, 0.3) is 0 Å². The molecule has 90 valence electrons. The van der Waals surface area contributed by atoms with Crippen molar-refractivity contribution in [1.82, 2.24) is 10.3 Å². The van der Waals surface area contributed by atoms with Gasteiger partial charge < -0.3 is 0 Å². The summed E-state index contributed by atoms with van der Waals surface area (Å²) in [6.45, 7) is 8.92. The maximum absolute atomic E-state index is 4.77. The Labute approximate surface area is 106 Å². The van der Waals surface area contributed by atoms with Gasteiger partial charge in [0.1, 0.15) is 0 Å². The van der Waals surface area contributed by atoms with Gasteiger partial charge in [-0.1, -0.05) is 20.8 Å². The molecule has 1 saturated heterocycles. The number of hydrogen-bond donors (Lipinski definition) is 1. The highest BCUT2D eigenvalue weighted by Gasteiger charge is 2.24. The topological polar surface area (TPSA) is 24.9 Å². The number of hydrogen-bond acceptors (Lipinski definition) is 4. The molecule has 0 saturated carbocycles. The van der Waals surface area contributed by atoms with Crippen molar-refractivity contribution in [2.24, 2.45) is 0 Å². The summed E-state index contributed by atoms with van der Waals surface area (Å²) in [4.78, 5) is 4.77. The monoisotopic (exact) mass is 256 g/mol. The standard InChI is InChI=1S/C12H20N2S2/c1-8-5-6-15-10(13-8)9-7-16-11(14-9)12(2,3)4/h7-8,10,13H,5-6H2,1-4H3. The normalized spacial score (nSPS) is 27.0. The van der Waals surface area contributed by atoms with Crippen LogP contribution in [-0.4, -0.2) is 16.8 Å². The molecule has 2 unspecified atom stereocenters. The van der Waals surface area contributed by atoms with Crippen LogP contribution in [0.15, 0.2) is 5.38 Å². The number of nitrogens with one attached hydrogen (secondary N) is 1. The van der Waals surface area contributed by atoms with Crippen molar-refractivity contribution in [3.63, 3.8) is 0 Å². The molecular weight excluding hydrogens is 236 g/mol. The van der Waals surface area contributed by atoms with Crippen LogP contribution >= 0.6 is 23.1 Å². The molecule has 0 amide bonds. The van der Waals surface area contributed by atoms with Gasteiger partial charge in [-0.15, -0.1) is 23.1 Å². The van der Waals surface area contributed by atoms with Crippen LogP contribution in [0, 0.1) is 0 Å². The van der Waals surface area contributed by atoms with Gasteiger partial charge in [0.05, 0.1) is 16.1 Å². The fourth-order valence-electron chi connectivity index (χ4n) is 1.67.